The van der Waals surface area contributed by atoms with E-state index in [4.69, 9.17) is 15.5 Å². The minimum absolute atomic E-state index is 0.136. The second kappa shape index (κ2) is 9.09. The van der Waals surface area contributed by atoms with E-state index in [9.17, 15) is 9.90 Å². The van der Waals surface area contributed by atoms with Crippen LogP contribution in [0, 0.1) is 0 Å². The number of nitrogens with two attached hydrogens (primary N) is 1. The number of piperazine rings is 1. The Kier molecular flexibility index (Phi) is 6.24. The number of carbonyl (C=O) groups is 1. The first-order valence-electron chi connectivity index (χ1n) is 10.7. The van der Waals surface area contributed by atoms with E-state index in [1.54, 1.807) is 18.5 Å². The van der Waals surface area contributed by atoms with Crippen LogP contribution in [0.1, 0.15) is 25.2 Å². The second-order valence-electron chi connectivity index (χ2n) is 8.52. The van der Waals surface area contributed by atoms with Gasteiger partial charge in [-0.1, -0.05) is 0 Å². The quantitative estimate of drug-likeness (QED) is 0.555. The molecule has 0 aliphatic carbocycles. The highest BCUT2D eigenvalue weighted by molar-refractivity contribution is 6.24. The lowest BCUT2D eigenvalue weighted by atomic mass is 10.0. The number of nitrogens with one attached hydrogen (secondary N) is 1. The van der Waals surface area contributed by atoms with E-state index >= 15 is 0 Å². The summed E-state index contributed by atoms with van der Waals surface area (Å²) in [5, 5.41) is 12.2. The van der Waals surface area contributed by atoms with Gasteiger partial charge in [0.2, 0.25) is 5.88 Å². The number of hydrogen-bond donors (Lipinski definition) is 3. The highest BCUT2D eigenvalue weighted by Crippen LogP contribution is 2.39. The summed E-state index contributed by atoms with van der Waals surface area (Å²) in [6.07, 6.45) is 5.04. The molecule has 4 heterocycles. The molecular formula is C22H29N7O3. The number of ether oxygens (including phenoxy) is 1. The van der Waals surface area contributed by atoms with Crippen molar-refractivity contribution < 1.29 is 14.6 Å². The summed E-state index contributed by atoms with van der Waals surface area (Å²) in [5.74, 6) is 1.11. The Morgan fingerprint density at radius 1 is 1.28 bits per heavy atom. The van der Waals surface area contributed by atoms with Gasteiger partial charge in [0.1, 0.15) is 5.60 Å². The smallest absolute Gasteiger partial charge is 0.261 e. The third kappa shape index (κ3) is 4.66. The lowest BCUT2D eigenvalue weighted by molar-refractivity contribution is -0.111. The van der Waals surface area contributed by atoms with Crippen LogP contribution in [0.5, 0.6) is 5.88 Å². The van der Waals surface area contributed by atoms with Crippen molar-refractivity contribution in [3.05, 3.63) is 42.1 Å². The van der Waals surface area contributed by atoms with Crippen molar-refractivity contribution in [1.82, 2.24) is 19.9 Å². The Bertz CT molecular complexity index is 1000. The van der Waals surface area contributed by atoms with Crippen LogP contribution in [-0.4, -0.2) is 75.8 Å². The van der Waals surface area contributed by atoms with Crippen molar-refractivity contribution in [3.63, 3.8) is 0 Å². The molecule has 2 aromatic rings. The molecular weight excluding hydrogens is 410 g/mol. The van der Waals surface area contributed by atoms with Gasteiger partial charge in [0, 0.05) is 63.3 Å². The fourth-order valence-corrected chi connectivity index (χ4v) is 4.04. The van der Waals surface area contributed by atoms with Crippen molar-refractivity contribution >= 4 is 23.0 Å². The number of nitrogens with zero attached hydrogens (tertiary/aromatic N) is 5. The maximum Gasteiger partial charge on any atom is 0.261 e. The van der Waals surface area contributed by atoms with Gasteiger partial charge < -0.3 is 25.8 Å². The molecule has 10 heteroatoms. The molecule has 10 nitrogen and oxygen atoms in total. The minimum atomic E-state index is -0.404. The van der Waals surface area contributed by atoms with Gasteiger partial charge in [0.15, 0.2) is 11.6 Å². The van der Waals surface area contributed by atoms with Gasteiger partial charge in [-0.3, -0.25) is 9.69 Å². The number of aliphatic hydroxyl groups is 1. The summed E-state index contributed by atoms with van der Waals surface area (Å²) >= 11 is 0. The van der Waals surface area contributed by atoms with E-state index in [0.717, 1.165) is 31.7 Å². The van der Waals surface area contributed by atoms with E-state index < -0.39 is 5.91 Å². The molecule has 0 bridgehead atoms. The molecule has 32 heavy (non-hydrogen) atoms. The summed E-state index contributed by atoms with van der Waals surface area (Å²) in [7, 11) is 0. The summed E-state index contributed by atoms with van der Waals surface area (Å²) in [6, 6.07) is 3.61. The molecule has 170 valence electrons. The number of aromatic nitrogens is 3. The normalized spacial score (nSPS) is 18.2. The number of amides is 1. The average Bonchev–Trinajstić information content (AvgIpc) is 3.08. The Labute approximate surface area is 187 Å². The zero-order chi connectivity index (χ0) is 22.7. The molecule has 1 fully saturated rings. The largest absolute Gasteiger partial charge is 0.471 e. The first kappa shape index (κ1) is 22.0. The van der Waals surface area contributed by atoms with Crippen LogP contribution in [0.2, 0.25) is 0 Å². The number of anilines is 2. The lowest BCUT2D eigenvalue weighted by Crippen LogP contribution is -2.47. The van der Waals surface area contributed by atoms with Gasteiger partial charge >= 0.3 is 0 Å². The third-order valence-corrected chi connectivity index (χ3v) is 5.58. The molecule has 4 N–H and O–H groups in total. The van der Waals surface area contributed by atoms with Crippen molar-refractivity contribution in [2.75, 3.05) is 49.5 Å². The van der Waals surface area contributed by atoms with Crippen molar-refractivity contribution in [1.29, 1.82) is 0 Å². The Balaban J connectivity index is 1.63. The van der Waals surface area contributed by atoms with Crippen molar-refractivity contribution in [2.24, 2.45) is 5.73 Å². The Morgan fingerprint density at radius 3 is 2.66 bits per heavy atom. The Morgan fingerprint density at radius 2 is 2.00 bits per heavy atom. The number of hydrogen-bond acceptors (Lipinski definition) is 9. The first-order valence-corrected chi connectivity index (χ1v) is 10.7. The summed E-state index contributed by atoms with van der Waals surface area (Å²) in [5.41, 5.74) is 7.11. The number of pyridine rings is 1. The molecule has 0 saturated carbocycles. The van der Waals surface area contributed by atoms with Crippen LogP contribution in [-0.2, 0) is 11.2 Å². The SMILES string of the molecule is CC1(C)Cc2cc(NC(=O)C(=CN)c3ncccn3)c(N3CCN(CCO)CC3)nc2O1. The van der Waals surface area contributed by atoms with Crippen LogP contribution in [0.4, 0.5) is 11.5 Å². The van der Waals surface area contributed by atoms with Crippen LogP contribution >= 0.6 is 0 Å². The molecule has 2 aliphatic heterocycles. The lowest BCUT2D eigenvalue weighted by Gasteiger charge is -2.36. The maximum absolute atomic E-state index is 13.1. The topological polar surface area (TPSA) is 130 Å². The zero-order valence-electron chi connectivity index (χ0n) is 18.4. The molecule has 1 amide bonds. The van der Waals surface area contributed by atoms with Gasteiger partial charge in [0.25, 0.3) is 5.91 Å². The molecule has 2 aromatic heterocycles. The number of aliphatic hydroxyl groups excluding tert-OH is 1. The summed E-state index contributed by atoms with van der Waals surface area (Å²) < 4.78 is 6.04. The standard InChI is InChI=1S/C22H29N7O3/c1-22(2)13-15-12-17(26-20(31)16(14-23)18-24-4-3-5-25-18)19(27-21(15)32-22)29-8-6-28(7-9-29)10-11-30/h3-5,12,14,30H,6-11,13,23H2,1-2H3,(H,26,31). The van der Waals surface area contributed by atoms with Crippen molar-refractivity contribution in [3.8, 4) is 5.88 Å². The van der Waals surface area contributed by atoms with Gasteiger partial charge in [-0.15, -0.1) is 0 Å². The maximum atomic E-state index is 13.1. The second-order valence-corrected chi connectivity index (χ2v) is 8.52. The van der Waals surface area contributed by atoms with Gasteiger partial charge in [-0.2, -0.15) is 4.98 Å². The number of fused-ring (bicyclic) bond motifs is 1. The summed E-state index contributed by atoms with van der Waals surface area (Å²) in [6.45, 7) is 7.85. The number of β-amino-alcohol motifs (C(OH)–C–C–N with tert-alkyl or cyclic N) is 1. The fourth-order valence-electron chi connectivity index (χ4n) is 4.04. The highest BCUT2D eigenvalue weighted by Gasteiger charge is 2.34. The van der Waals surface area contributed by atoms with E-state index in [2.05, 4.69) is 25.1 Å². The molecule has 4 rings (SSSR count). The fraction of sp³-hybridized carbons (Fsp3) is 0.455. The van der Waals surface area contributed by atoms with Crippen LogP contribution in [0.15, 0.2) is 30.7 Å². The Hall–Kier alpha value is -3.24. The molecule has 0 radical (unpaired) electrons. The third-order valence-electron chi connectivity index (χ3n) is 5.58. The van der Waals surface area contributed by atoms with E-state index in [1.807, 2.05) is 19.9 Å². The van der Waals surface area contributed by atoms with E-state index in [0.29, 0.717) is 30.4 Å². The van der Waals surface area contributed by atoms with Crippen LogP contribution < -0.4 is 20.7 Å². The predicted molar refractivity (Wildman–Crippen MR) is 121 cm³/mol. The molecule has 1 saturated heterocycles. The molecule has 2 aliphatic rings. The molecule has 0 aromatic carbocycles. The van der Waals surface area contributed by atoms with Crippen molar-refractivity contribution in [2.45, 2.75) is 25.9 Å². The van der Waals surface area contributed by atoms with E-state index in [1.165, 1.54) is 6.20 Å². The van der Waals surface area contributed by atoms with E-state index in [-0.39, 0.29) is 23.6 Å². The van der Waals surface area contributed by atoms with Gasteiger partial charge in [0.05, 0.1) is 17.9 Å². The minimum Gasteiger partial charge on any atom is -0.471 e. The number of rotatable bonds is 6. The first-order chi connectivity index (χ1) is 15.4. The average molecular weight is 440 g/mol. The molecule has 0 spiro atoms. The monoisotopic (exact) mass is 439 g/mol. The molecule has 0 atom stereocenters. The predicted octanol–water partition coefficient (Wildman–Crippen LogP) is 0.638. The number of carbonyl (C=O) groups excluding carboxylic acids is 1. The summed E-state index contributed by atoms with van der Waals surface area (Å²) in [4.78, 5) is 30.5. The van der Waals surface area contributed by atoms with Crippen LogP contribution in [0.3, 0.4) is 0 Å². The highest BCUT2D eigenvalue weighted by atomic mass is 16.5. The zero-order valence-corrected chi connectivity index (χ0v) is 18.4. The van der Waals surface area contributed by atoms with Gasteiger partial charge in [-0.25, -0.2) is 9.97 Å². The van der Waals surface area contributed by atoms with Crippen LogP contribution in [0.25, 0.3) is 5.57 Å². The van der Waals surface area contributed by atoms with Gasteiger partial charge in [-0.05, 0) is 26.0 Å². The molecule has 0 unspecified atom stereocenters.